The van der Waals surface area contributed by atoms with Crippen LogP contribution in [0.1, 0.15) is 95.7 Å². The second-order valence-corrected chi connectivity index (χ2v) is 17.7. The van der Waals surface area contributed by atoms with Gasteiger partial charge in [0.25, 0.3) is 5.91 Å². The minimum atomic E-state index is -0.202. The second kappa shape index (κ2) is 19.5. The molecular formula is C50H46N8O2S2. The molecule has 0 fully saturated rings. The molecule has 4 aromatic heterocycles. The lowest BCUT2D eigenvalue weighted by Crippen LogP contribution is -2.25. The number of amides is 1. The van der Waals surface area contributed by atoms with E-state index in [0.717, 1.165) is 58.7 Å². The number of hydrogen-bond acceptors (Lipinski definition) is 11. The molecule has 12 heteroatoms. The van der Waals surface area contributed by atoms with E-state index < -0.39 is 0 Å². The maximum Gasteiger partial charge on any atom is 0.251 e. The zero-order valence-electron chi connectivity index (χ0n) is 35.0. The number of Topliss-reactive ketones (excluding diaryl/α,β-unsaturated/α-hetero) is 1. The van der Waals surface area contributed by atoms with Crippen molar-refractivity contribution in [2.24, 2.45) is 0 Å². The molecule has 0 spiro atoms. The van der Waals surface area contributed by atoms with Crippen LogP contribution in [0.2, 0.25) is 0 Å². The van der Waals surface area contributed by atoms with Gasteiger partial charge in [-0.15, -0.1) is 0 Å². The van der Waals surface area contributed by atoms with Gasteiger partial charge in [-0.3, -0.25) is 9.59 Å². The van der Waals surface area contributed by atoms with E-state index in [1.54, 1.807) is 29.9 Å². The highest BCUT2D eigenvalue weighted by Crippen LogP contribution is 2.37. The Balaban J connectivity index is 0.969. The predicted molar refractivity (Wildman–Crippen MR) is 249 cm³/mol. The third kappa shape index (κ3) is 10.2. The van der Waals surface area contributed by atoms with Gasteiger partial charge in [0.1, 0.15) is 18.5 Å². The number of pyridine rings is 2. The zero-order chi connectivity index (χ0) is 43.0. The van der Waals surface area contributed by atoms with Crippen LogP contribution in [0.15, 0.2) is 154 Å². The summed E-state index contributed by atoms with van der Waals surface area (Å²) in [5, 5.41) is 8.23. The Kier molecular flexibility index (Phi) is 13.3. The summed E-state index contributed by atoms with van der Waals surface area (Å²) < 4.78 is 0. The number of hydrogen-bond donors (Lipinski definition) is 2. The fourth-order valence-electron chi connectivity index (χ4n) is 6.93. The minimum absolute atomic E-state index is 0.0222. The quantitative estimate of drug-likeness (QED) is 0.0710. The summed E-state index contributed by atoms with van der Waals surface area (Å²) in [5.74, 6) is 0.925. The normalized spacial score (nSPS) is 11.4. The van der Waals surface area contributed by atoms with Crippen LogP contribution in [0.4, 0.5) is 11.5 Å². The van der Waals surface area contributed by atoms with Crippen molar-refractivity contribution < 1.29 is 9.59 Å². The van der Waals surface area contributed by atoms with Crippen molar-refractivity contribution in [3.8, 4) is 0 Å². The minimum Gasteiger partial charge on any atom is -0.352 e. The summed E-state index contributed by atoms with van der Waals surface area (Å²) >= 11 is 3.25. The summed E-state index contributed by atoms with van der Waals surface area (Å²) in [6.45, 7) is 8.76. The molecule has 0 aliphatic rings. The van der Waals surface area contributed by atoms with Crippen LogP contribution >= 0.6 is 23.5 Å². The number of nitrogens with zero attached hydrogens (tertiary/aromatic N) is 6. The Bertz CT molecular complexity index is 2680. The van der Waals surface area contributed by atoms with Gasteiger partial charge in [0.05, 0.1) is 16.8 Å². The lowest BCUT2D eigenvalue weighted by molar-refractivity contribution is 0.0938. The van der Waals surface area contributed by atoms with Gasteiger partial charge < -0.3 is 10.6 Å². The molecule has 10 nitrogen and oxygen atoms in total. The van der Waals surface area contributed by atoms with Crippen molar-refractivity contribution in [3.05, 3.63) is 168 Å². The molecule has 0 radical (unpaired) electrons. The highest BCUT2D eigenvalue weighted by molar-refractivity contribution is 7.99. The Morgan fingerprint density at radius 2 is 1.21 bits per heavy atom. The first-order valence-electron chi connectivity index (χ1n) is 20.7. The van der Waals surface area contributed by atoms with Crippen molar-refractivity contribution in [1.29, 1.82) is 0 Å². The molecule has 4 aromatic carbocycles. The van der Waals surface area contributed by atoms with Crippen molar-refractivity contribution in [3.63, 3.8) is 0 Å². The highest BCUT2D eigenvalue weighted by atomic mass is 32.2. The van der Waals surface area contributed by atoms with Crippen LogP contribution in [-0.2, 0) is 6.42 Å². The van der Waals surface area contributed by atoms with E-state index in [-0.39, 0.29) is 29.9 Å². The van der Waals surface area contributed by atoms with Gasteiger partial charge in [0, 0.05) is 66.9 Å². The van der Waals surface area contributed by atoms with Gasteiger partial charge in [0.2, 0.25) is 0 Å². The monoisotopic (exact) mass is 854 g/mol. The molecule has 0 unspecified atom stereocenters. The van der Waals surface area contributed by atoms with Crippen molar-refractivity contribution >= 4 is 68.8 Å². The number of carbonyl (C=O) groups excluding carboxylic acids is 2. The smallest absolute Gasteiger partial charge is 0.251 e. The lowest BCUT2D eigenvalue weighted by Gasteiger charge is -2.15. The van der Waals surface area contributed by atoms with Crippen molar-refractivity contribution in [2.75, 3.05) is 11.9 Å². The van der Waals surface area contributed by atoms with Gasteiger partial charge in [-0.25, -0.2) is 29.9 Å². The summed E-state index contributed by atoms with van der Waals surface area (Å²) in [6.07, 6.45) is 4.30. The average molecular weight is 855 g/mol. The van der Waals surface area contributed by atoms with Crippen LogP contribution in [0, 0.1) is 0 Å². The number of aromatic nitrogens is 6. The Hall–Kier alpha value is -6.50. The van der Waals surface area contributed by atoms with E-state index in [9.17, 15) is 9.59 Å². The van der Waals surface area contributed by atoms with Crippen LogP contribution < -0.4 is 10.6 Å². The van der Waals surface area contributed by atoms with E-state index in [0.29, 0.717) is 47.6 Å². The molecule has 310 valence electrons. The van der Waals surface area contributed by atoms with Gasteiger partial charge in [-0.05, 0) is 103 Å². The van der Waals surface area contributed by atoms with Crippen LogP contribution in [-0.4, -0.2) is 48.1 Å². The first-order valence-corrected chi connectivity index (χ1v) is 22.3. The molecule has 1 amide bonds. The summed E-state index contributed by atoms with van der Waals surface area (Å²) in [7, 11) is 0. The molecule has 0 saturated heterocycles. The highest BCUT2D eigenvalue weighted by Gasteiger charge is 2.17. The number of anilines is 2. The molecule has 2 N–H and O–H groups in total. The topological polar surface area (TPSA) is 136 Å². The molecule has 0 aliphatic heterocycles. The fraction of sp³-hybridized carbons (Fsp3) is 0.200. The van der Waals surface area contributed by atoms with Gasteiger partial charge >= 0.3 is 0 Å². The lowest BCUT2D eigenvalue weighted by atomic mass is 10.0. The van der Waals surface area contributed by atoms with E-state index >= 15 is 0 Å². The first kappa shape index (κ1) is 42.2. The van der Waals surface area contributed by atoms with Crippen LogP contribution in [0.3, 0.4) is 0 Å². The van der Waals surface area contributed by atoms with Crippen molar-refractivity contribution in [2.45, 2.75) is 78.4 Å². The number of carbonyl (C=O) groups is 2. The molecule has 8 rings (SSSR count). The molecule has 0 saturated carbocycles. The maximum atomic E-state index is 13.7. The molecule has 0 aliphatic carbocycles. The summed E-state index contributed by atoms with van der Waals surface area (Å²) in [4.78, 5) is 59.1. The van der Waals surface area contributed by atoms with Crippen LogP contribution in [0.5, 0.6) is 0 Å². The predicted octanol–water partition coefficient (Wildman–Crippen LogP) is 11.6. The number of ketones is 1. The molecule has 62 heavy (non-hydrogen) atoms. The van der Waals surface area contributed by atoms with E-state index in [1.165, 1.54) is 6.33 Å². The molecule has 4 heterocycles. The number of rotatable bonds is 16. The van der Waals surface area contributed by atoms with Gasteiger partial charge in [0.15, 0.2) is 17.1 Å². The summed E-state index contributed by atoms with van der Waals surface area (Å²) in [5.41, 5.74) is 6.88. The first-order chi connectivity index (χ1) is 30.2. The van der Waals surface area contributed by atoms with Crippen LogP contribution in [0.25, 0.3) is 22.1 Å². The maximum absolute atomic E-state index is 13.7. The van der Waals surface area contributed by atoms with E-state index in [2.05, 4.69) is 82.5 Å². The SMILES string of the molecule is CC(C)c1ccc2c(Cc3cc(C(=O)NCCCC(=O)c4ccc(Sc5ccccc5)c(Nc5ncnc6nc(C(C)C)ccc56)c4)ccc3Sc3ccccc3)ncnc2n1. The number of nitrogens with one attached hydrogen (secondary N) is 2. The third-order valence-corrected chi connectivity index (χ3v) is 12.6. The summed E-state index contributed by atoms with van der Waals surface area (Å²) in [6, 6.07) is 39.9. The van der Waals surface area contributed by atoms with E-state index in [1.807, 2.05) is 97.1 Å². The Morgan fingerprint density at radius 1 is 0.613 bits per heavy atom. The average Bonchev–Trinajstić information content (AvgIpc) is 3.29. The Labute approximate surface area is 369 Å². The Morgan fingerprint density at radius 3 is 1.89 bits per heavy atom. The number of fused-ring (bicyclic) bond motifs is 2. The molecular weight excluding hydrogens is 809 g/mol. The zero-order valence-corrected chi connectivity index (χ0v) is 36.6. The van der Waals surface area contributed by atoms with Crippen molar-refractivity contribution in [1.82, 2.24) is 35.2 Å². The largest absolute Gasteiger partial charge is 0.352 e. The third-order valence-electron chi connectivity index (χ3n) is 10.3. The van der Waals surface area contributed by atoms with E-state index in [4.69, 9.17) is 9.97 Å². The molecule has 8 aromatic rings. The standard InChI is InChI=1S/C50H46N8O2S2/c1-31(2)40-21-19-38-42(52-29-53-47(38)56-40)28-35-26-34(18-23-45(35)61-36-12-7-5-8-13-36)50(60)51-25-11-16-44(59)33-17-24-46(62-37-14-9-6-10-15-37)43(27-33)58-49-39-20-22-41(32(3)4)57-48(39)54-30-55-49/h5-10,12-15,17-24,26-27,29-32H,11,16,25,28H2,1-4H3,(H,51,60)(H,54,55,57,58). The molecule has 0 atom stereocenters. The second-order valence-electron chi connectivity index (χ2n) is 15.5. The van der Waals surface area contributed by atoms with Gasteiger partial charge in [-0.1, -0.05) is 93.7 Å². The fourth-order valence-corrected chi connectivity index (χ4v) is 8.78. The molecule has 0 bridgehead atoms. The van der Waals surface area contributed by atoms with Gasteiger partial charge in [-0.2, -0.15) is 0 Å². The number of benzene rings is 4.